The highest BCUT2D eigenvalue weighted by atomic mass is 35.5. The molecule has 5 nitrogen and oxygen atoms in total. The minimum atomic E-state index is -0.659. The number of primary amides is 1. The van der Waals surface area contributed by atoms with Gasteiger partial charge in [0.05, 0.1) is 10.6 Å². The molecule has 6 heteroatoms. The number of anilines is 1. The third kappa shape index (κ3) is 4.25. The second-order valence-corrected chi connectivity index (χ2v) is 5.09. The summed E-state index contributed by atoms with van der Waals surface area (Å²) < 4.78 is 5.07. The van der Waals surface area contributed by atoms with Crippen molar-refractivity contribution in [2.75, 3.05) is 5.32 Å². The topological polar surface area (TPSA) is 81.4 Å². The Bertz CT molecular complexity index is 481. The molecule has 3 N–H and O–H groups in total. The van der Waals surface area contributed by atoms with Gasteiger partial charge in [-0.2, -0.15) is 0 Å². The van der Waals surface area contributed by atoms with Crippen molar-refractivity contribution in [2.45, 2.75) is 26.4 Å². The SMILES string of the molecule is CC(C)(C)OC(=O)Nc1ccc(Cl)c(C(N)=O)c1. The standard InChI is InChI=1S/C12H15ClN2O3/c1-12(2,3)18-11(17)15-7-4-5-9(13)8(6-7)10(14)16/h4-6H,1-3H3,(H2,14,16)(H,15,17). The summed E-state index contributed by atoms with van der Waals surface area (Å²) in [4.78, 5) is 22.6. The number of benzene rings is 1. The average Bonchev–Trinajstić information content (AvgIpc) is 2.17. The maximum absolute atomic E-state index is 11.5. The van der Waals surface area contributed by atoms with Crippen LogP contribution in [0.3, 0.4) is 0 Å². The second kappa shape index (κ2) is 5.27. The zero-order valence-corrected chi connectivity index (χ0v) is 11.2. The molecule has 0 unspecified atom stereocenters. The van der Waals surface area contributed by atoms with Gasteiger partial charge in [-0.25, -0.2) is 4.79 Å². The first-order valence-electron chi connectivity index (χ1n) is 5.28. The van der Waals surface area contributed by atoms with Crippen molar-refractivity contribution in [1.82, 2.24) is 0 Å². The molecule has 0 aliphatic carbocycles. The van der Waals surface area contributed by atoms with Crippen LogP contribution in [0.15, 0.2) is 18.2 Å². The quantitative estimate of drug-likeness (QED) is 0.867. The highest BCUT2D eigenvalue weighted by Gasteiger charge is 2.17. The van der Waals surface area contributed by atoms with E-state index in [1.807, 2.05) is 0 Å². The van der Waals surface area contributed by atoms with Gasteiger partial charge < -0.3 is 10.5 Å². The van der Waals surface area contributed by atoms with E-state index < -0.39 is 17.6 Å². The Hall–Kier alpha value is -1.75. The molecule has 0 atom stereocenters. The van der Waals surface area contributed by atoms with Crippen molar-refractivity contribution in [2.24, 2.45) is 5.73 Å². The number of nitrogens with one attached hydrogen (secondary N) is 1. The molecule has 0 saturated heterocycles. The third-order valence-electron chi connectivity index (χ3n) is 1.88. The minimum Gasteiger partial charge on any atom is -0.444 e. The molecule has 0 aromatic heterocycles. The normalized spacial score (nSPS) is 10.9. The summed E-state index contributed by atoms with van der Waals surface area (Å²) in [5, 5.41) is 2.73. The molecular weight excluding hydrogens is 256 g/mol. The summed E-state index contributed by atoms with van der Waals surface area (Å²) in [6.07, 6.45) is -0.611. The van der Waals surface area contributed by atoms with Crippen LogP contribution in [-0.4, -0.2) is 17.6 Å². The average molecular weight is 271 g/mol. The van der Waals surface area contributed by atoms with E-state index in [1.54, 1.807) is 26.8 Å². The Morgan fingerprint density at radius 3 is 2.44 bits per heavy atom. The fourth-order valence-corrected chi connectivity index (χ4v) is 1.42. The molecule has 0 aliphatic rings. The van der Waals surface area contributed by atoms with Gasteiger partial charge in [0.15, 0.2) is 0 Å². The number of nitrogens with two attached hydrogens (primary N) is 1. The lowest BCUT2D eigenvalue weighted by molar-refractivity contribution is 0.0635. The van der Waals surface area contributed by atoms with Crippen LogP contribution in [0.4, 0.5) is 10.5 Å². The number of halogens is 1. The minimum absolute atomic E-state index is 0.144. The van der Waals surface area contributed by atoms with E-state index in [2.05, 4.69) is 5.32 Å². The number of hydrogen-bond donors (Lipinski definition) is 2. The number of hydrogen-bond acceptors (Lipinski definition) is 3. The Labute approximate surface area is 110 Å². The predicted molar refractivity (Wildman–Crippen MR) is 69.8 cm³/mol. The largest absolute Gasteiger partial charge is 0.444 e. The molecule has 1 aromatic carbocycles. The van der Waals surface area contributed by atoms with Crippen molar-refractivity contribution in [3.8, 4) is 0 Å². The number of carbonyl (C=O) groups is 2. The lowest BCUT2D eigenvalue weighted by Crippen LogP contribution is -2.27. The molecule has 0 saturated carbocycles. The van der Waals surface area contributed by atoms with E-state index in [0.717, 1.165) is 0 Å². The van der Waals surface area contributed by atoms with Crippen LogP contribution >= 0.6 is 11.6 Å². The molecule has 1 aromatic rings. The Balaban J connectivity index is 2.83. The maximum atomic E-state index is 11.5. The van der Waals surface area contributed by atoms with Gasteiger partial charge in [0.25, 0.3) is 0 Å². The van der Waals surface area contributed by atoms with Crippen LogP contribution < -0.4 is 11.1 Å². The Morgan fingerprint density at radius 1 is 1.33 bits per heavy atom. The van der Waals surface area contributed by atoms with Gasteiger partial charge in [0, 0.05) is 5.69 Å². The number of ether oxygens (including phenoxy) is 1. The highest BCUT2D eigenvalue weighted by molar-refractivity contribution is 6.33. The molecule has 18 heavy (non-hydrogen) atoms. The van der Waals surface area contributed by atoms with E-state index in [9.17, 15) is 9.59 Å². The molecular formula is C12H15ClN2O3. The van der Waals surface area contributed by atoms with Gasteiger partial charge in [-0.1, -0.05) is 11.6 Å². The van der Waals surface area contributed by atoms with Crippen molar-refractivity contribution < 1.29 is 14.3 Å². The number of rotatable bonds is 2. The van der Waals surface area contributed by atoms with Gasteiger partial charge >= 0.3 is 6.09 Å². The van der Waals surface area contributed by atoms with Crippen LogP contribution in [0.1, 0.15) is 31.1 Å². The predicted octanol–water partition coefficient (Wildman–Crippen LogP) is 2.79. The van der Waals surface area contributed by atoms with E-state index >= 15 is 0 Å². The Kier molecular flexibility index (Phi) is 4.19. The fraction of sp³-hybridized carbons (Fsp3) is 0.333. The first-order valence-corrected chi connectivity index (χ1v) is 5.66. The van der Waals surface area contributed by atoms with E-state index in [0.29, 0.717) is 5.69 Å². The molecule has 0 radical (unpaired) electrons. The van der Waals surface area contributed by atoms with E-state index in [1.165, 1.54) is 12.1 Å². The molecule has 1 rings (SSSR count). The zero-order valence-electron chi connectivity index (χ0n) is 10.4. The van der Waals surface area contributed by atoms with E-state index in [-0.39, 0.29) is 10.6 Å². The van der Waals surface area contributed by atoms with Gasteiger partial charge in [0.1, 0.15) is 5.60 Å². The van der Waals surface area contributed by atoms with Crippen LogP contribution in [-0.2, 0) is 4.74 Å². The lowest BCUT2D eigenvalue weighted by atomic mass is 10.2. The van der Waals surface area contributed by atoms with Gasteiger partial charge in [0.2, 0.25) is 5.91 Å². The van der Waals surface area contributed by atoms with Crippen LogP contribution in [0.25, 0.3) is 0 Å². The summed E-state index contributed by atoms with van der Waals surface area (Å²) in [6, 6.07) is 4.43. The van der Waals surface area contributed by atoms with E-state index in [4.69, 9.17) is 22.1 Å². The van der Waals surface area contributed by atoms with Crippen molar-refractivity contribution in [1.29, 1.82) is 0 Å². The third-order valence-corrected chi connectivity index (χ3v) is 2.21. The van der Waals surface area contributed by atoms with Gasteiger partial charge in [-0.3, -0.25) is 10.1 Å². The lowest BCUT2D eigenvalue weighted by Gasteiger charge is -2.19. The molecule has 2 amide bonds. The van der Waals surface area contributed by atoms with Crippen LogP contribution in [0, 0.1) is 0 Å². The summed E-state index contributed by atoms with van der Waals surface area (Å²) in [5.74, 6) is -0.659. The van der Waals surface area contributed by atoms with Gasteiger partial charge in [-0.05, 0) is 39.0 Å². The molecule has 0 bridgehead atoms. The van der Waals surface area contributed by atoms with Crippen LogP contribution in [0.2, 0.25) is 5.02 Å². The molecule has 0 spiro atoms. The zero-order chi connectivity index (χ0) is 13.9. The molecule has 0 aliphatic heterocycles. The molecule has 98 valence electrons. The summed E-state index contributed by atoms with van der Waals surface area (Å²) in [6.45, 7) is 5.26. The molecule has 0 heterocycles. The van der Waals surface area contributed by atoms with Crippen molar-refractivity contribution >= 4 is 29.3 Å². The first kappa shape index (κ1) is 14.3. The smallest absolute Gasteiger partial charge is 0.412 e. The summed E-state index contributed by atoms with van der Waals surface area (Å²) >= 11 is 5.79. The van der Waals surface area contributed by atoms with Crippen molar-refractivity contribution in [3.05, 3.63) is 28.8 Å². The highest BCUT2D eigenvalue weighted by Crippen LogP contribution is 2.20. The molecule has 0 fully saturated rings. The Morgan fingerprint density at radius 2 is 1.94 bits per heavy atom. The first-order chi connectivity index (χ1) is 8.19. The van der Waals surface area contributed by atoms with Gasteiger partial charge in [-0.15, -0.1) is 0 Å². The summed E-state index contributed by atoms with van der Waals surface area (Å²) in [7, 11) is 0. The summed E-state index contributed by atoms with van der Waals surface area (Å²) in [5.41, 5.74) is 5.09. The number of amides is 2. The van der Waals surface area contributed by atoms with Crippen molar-refractivity contribution in [3.63, 3.8) is 0 Å². The second-order valence-electron chi connectivity index (χ2n) is 4.69. The number of carbonyl (C=O) groups excluding carboxylic acids is 2. The maximum Gasteiger partial charge on any atom is 0.412 e. The fourth-order valence-electron chi connectivity index (χ4n) is 1.21. The van der Waals surface area contributed by atoms with Crippen LogP contribution in [0.5, 0.6) is 0 Å². The monoisotopic (exact) mass is 270 g/mol.